The van der Waals surface area contributed by atoms with Crippen LogP contribution in [0.4, 0.5) is 4.39 Å². The lowest BCUT2D eigenvalue weighted by Crippen LogP contribution is -2.51. The van der Waals surface area contributed by atoms with Crippen molar-refractivity contribution in [1.29, 1.82) is 0 Å². The second-order valence-corrected chi connectivity index (χ2v) is 7.35. The van der Waals surface area contributed by atoms with Gasteiger partial charge in [-0.3, -0.25) is 14.4 Å². The second-order valence-electron chi connectivity index (χ2n) is 7.35. The maximum Gasteiger partial charge on any atom is 0.289 e. The van der Waals surface area contributed by atoms with Crippen LogP contribution >= 0.6 is 0 Å². The zero-order valence-electron chi connectivity index (χ0n) is 15.8. The number of rotatable bonds is 5. The smallest absolute Gasteiger partial charge is 0.289 e. The van der Waals surface area contributed by atoms with E-state index in [0.29, 0.717) is 43.9 Å². The van der Waals surface area contributed by atoms with Crippen LogP contribution in [0.2, 0.25) is 0 Å². The van der Waals surface area contributed by atoms with Crippen LogP contribution in [0.15, 0.2) is 47.1 Å². The lowest BCUT2D eigenvalue weighted by atomic mass is 10.2. The molecule has 1 saturated carbocycles. The Morgan fingerprint density at radius 3 is 2.41 bits per heavy atom. The molecule has 2 heterocycles. The first kappa shape index (κ1) is 19.2. The molecule has 1 aliphatic heterocycles. The molecule has 2 aliphatic rings. The maximum atomic E-state index is 13.6. The molecule has 1 N–H and O–H groups in total. The van der Waals surface area contributed by atoms with Crippen molar-refractivity contribution in [2.24, 2.45) is 11.8 Å². The molecule has 3 amide bonds. The van der Waals surface area contributed by atoms with Crippen molar-refractivity contribution >= 4 is 17.7 Å². The van der Waals surface area contributed by atoms with Gasteiger partial charge in [-0.15, -0.1) is 0 Å². The standard InChI is InChI=1S/C21H22FN3O4/c22-17-5-2-1-4-14(17)13-23-19(26)15-12-16(15)20(27)24-7-9-25(10-8-24)21(28)18-6-3-11-29-18/h1-6,11,15-16H,7-10,12-13H2,(H,23,26). The van der Waals surface area contributed by atoms with E-state index >= 15 is 0 Å². The highest BCUT2D eigenvalue weighted by atomic mass is 19.1. The minimum Gasteiger partial charge on any atom is -0.459 e. The van der Waals surface area contributed by atoms with Gasteiger partial charge in [0.15, 0.2) is 5.76 Å². The van der Waals surface area contributed by atoms with E-state index in [1.54, 1.807) is 40.1 Å². The summed E-state index contributed by atoms with van der Waals surface area (Å²) in [5, 5.41) is 2.71. The summed E-state index contributed by atoms with van der Waals surface area (Å²) in [6.07, 6.45) is 1.96. The molecule has 2 atom stereocenters. The molecule has 29 heavy (non-hydrogen) atoms. The Labute approximate surface area is 167 Å². The van der Waals surface area contributed by atoms with Gasteiger partial charge in [0.2, 0.25) is 11.8 Å². The molecule has 1 aromatic heterocycles. The summed E-state index contributed by atoms with van der Waals surface area (Å²) in [6.45, 7) is 1.84. The van der Waals surface area contributed by atoms with Crippen LogP contribution < -0.4 is 5.32 Å². The average molecular weight is 399 g/mol. The van der Waals surface area contributed by atoms with Gasteiger partial charge in [-0.05, 0) is 24.6 Å². The van der Waals surface area contributed by atoms with E-state index in [0.717, 1.165) is 0 Å². The number of nitrogens with one attached hydrogen (secondary N) is 1. The minimum atomic E-state index is -0.364. The van der Waals surface area contributed by atoms with Gasteiger partial charge in [0.05, 0.1) is 18.1 Å². The number of benzene rings is 1. The molecule has 0 radical (unpaired) electrons. The van der Waals surface area contributed by atoms with Crippen LogP contribution in [0, 0.1) is 17.7 Å². The summed E-state index contributed by atoms with van der Waals surface area (Å²) in [5.74, 6) is -1.23. The number of hydrogen-bond donors (Lipinski definition) is 1. The van der Waals surface area contributed by atoms with Crippen molar-refractivity contribution < 1.29 is 23.2 Å². The Hall–Kier alpha value is -3.16. The number of hydrogen-bond acceptors (Lipinski definition) is 4. The lowest BCUT2D eigenvalue weighted by molar-refractivity contribution is -0.136. The first-order valence-corrected chi connectivity index (χ1v) is 9.67. The third kappa shape index (κ3) is 4.16. The summed E-state index contributed by atoms with van der Waals surface area (Å²) in [4.78, 5) is 40.6. The molecule has 1 saturated heterocycles. The average Bonchev–Trinajstić information content (AvgIpc) is 3.36. The number of furan rings is 1. The Kier molecular flexibility index (Phi) is 5.33. The zero-order valence-corrected chi connectivity index (χ0v) is 15.8. The summed E-state index contributed by atoms with van der Waals surface area (Å²) in [7, 11) is 0. The predicted octanol–water partition coefficient (Wildman–Crippen LogP) is 1.66. The topological polar surface area (TPSA) is 82.9 Å². The van der Waals surface area contributed by atoms with E-state index < -0.39 is 0 Å². The molecule has 152 valence electrons. The summed E-state index contributed by atoms with van der Waals surface area (Å²) in [6, 6.07) is 9.56. The van der Waals surface area contributed by atoms with Crippen molar-refractivity contribution in [2.75, 3.05) is 26.2 Å². The first-order chi connectivity index (χ1) is 14.0. The predicted molar refractivity (Wildman–Crippen MR) is 101 cm³/mol. The highest BCUT2D eigenvalue weighted by molar-refractivity contribution is 5.93. The quantitative estimate of drug-likeness (QED) is 0.829. The molecule has 1 aliphatic carbocycles. The van der Waals surface area contributed by atoms with Crippen LogP contribution in [-0.2, 0) is 16.1 Å². The van der Waals surface area contributed by atoms with Crippen LogP contribution in [-0.4, -0.2) is 53.7 Å². The number of halogens is 1. The zero-order chi connectivity index (χ0) is 20.4. The molecule has 4 rings (SSSR count). The van der Waals surface area contributed by atoms with Crippen LogP contribution in [0.3, 0.4) is 0 Å². The van der Waals surface area contributed by atoms with Crippen LogP contribution in [0.25, 0.3) is 0 Å². The van der Waals surface area contributed by atoms with E-state index in [2.05, 4.69) is 5.32 Å². The lowest BCUT2D eigenvalue weighted by Gasteiger charge is -2.34. The maximum absolute atomic E-state index is 13.6. The van der Waals surface area contributed by atoms with Crippen molar-refractivity contribution in [2.45, 2.75) is 13.0 Å². The van der Waals surface area contributed by atoms with Gasteiger partial charge in [0, 0.05) is 38.3 Å². The van der Waals surface area contributed by atoms with Gasteiger partial charge < -0.3 is 19.5 Å². The normalized spacial score (nSPS) is 21.0. The molecule has 0 spiro atoms. The fourth-order valence-electron chi connectivity index (χ4n) is 3.63. The molecule has 2 aromatic rings. The van der Waals surface area contributed by atoms with E-state index in [1.165, 1.54) is 12.3 Å². The monoisotopic (exact) mass is 399 g/mol. The Morgan fingerprint density at radius 2 is 1.72 bits per heavy atom. The van der Waals surface area contributed by atoms with Gasteiger partial charge in [0.25, 0.3) is 5.91 Å². The van der Waals surface area contributed by atoms with Crippen LogP contribution in [0.5, 0.6) is 0 Å². The SMILES string of the molecule is O=C(NCc1ccccc1F)C1CC1C(=O)N1CCN(C(=O)c2ccco2)CC1. The molecular weight excluding hydrogens is 377 g/mol. The Bertz CT molecular complexity index is 906. The minimum absolute atomic E-state index is 0.0545. The number of carbonyl (C=O) groups excluding carboxylic acids is 3. The highest BCUT2D eigenvalue weighted by Crippen LogP contribution is 2.40. The molecular formula is C21H22FN3O4. The molecule has 0 bridgehead atoms. The fourth-order valence-corrected chi connectivity index (χ4v) is 3.63. The highest BCUT2D eigenvalue weighted by Gasteiger charge is 2.49. The Balaban J connectivity index is 1.24. The summed E-state index contributed by atoms with van der Waals surface area (Å²) in [5.41, 5.74) is 0.418. The first-order valence-electron chi connectivity index (χ1n) is 9.67. The fraction of sp³-hybridized carbons (Fsp3) is 0.381. The summed E-state index contributed by atoms with van der Waals surface area (Å²) >= 11 is 0. The largest absolute Gasteiger partial charge is 0.459 e. The van der Waals surface area contributed by atoms with Gasteiger partial charge >= 0.3 is 0 Å². The van der Waals surface area contributed by atoms with Gasteiger partial charge in [0.1, 0.15) is 5.82 Å². The van der Waals surface area contributed by atoms with Crippen molar-refractivity contribution in [3.05, 3.63) is 59.8 Å². The number of carbonyl (C=O) groups is 3. The molecule has 7 nitrogen and oxygen atoms in total. The van der Waals surface area contributed by atoms with Crippen molar-refractivity contribution in [3.63, 3.8) is 0 Å². The van der Waals surface area contributed by atoms with E-state index in [-0.39, 0.29) is 41.9 Å². The van der Waals surface area contributed by atoms with E-state index in [4.69, 9.17) is 4.42 Å². The van der Waals surface area contributed by atoms with Crippen molar-refractivity contribution in [1.82, 2.24) is 15.1 Å². The molecule has 8 heteroatoms. The number of amides is 3. The third-order valence-corrected chi connectivity index (χ3v) is 5.47. The van der Waals surface area contributed by atoms with Gasteiger partial charge in [-0.2, -0.15) is 0 Å². The van der Waals surface area contributed by atoms with Gasteiger partial charge in [-0.1, -0.05) is 18.2 Å². The number of piperazine rings is 1. The third-order valence-electron chi connectivity index (χ3n) is 5.47. The van der Waals surface area contributed by atoms with Gasteiger partial charge in [-0.25, -0.2) is 4.39 Å². The number of nitrogens with zero attached hydrogens (tertiary/aromatic N) is 2. The van der Waals surface area contributed by atoms with E-state index in [1.807, 2.05) is 0 Å². The second kappa shape index (κ2) is 8.06. The molecule has 2 fully saturated rings. The summed E-state index contributed by atoms with van der Waals surface area (Å²) < 4.78 is 18.8. The molecule has 2 unspecified atom stereocenters. The van der Waals surface area contributed by atoms with E-state index in [9.17, 15) is 18.8 Å². The Morgan fingerprint density at radius 1 is 1.00 bits per heavy atom. The van der Waals surface area contributed by atoms with Crippen molar-refractivity contribution in [3.8, 4) is 0 Å². The van der Waals surface area contributed by atoms with Crippen LogP contribution in [0.1, 0.15) is 22.5 Å². The molecule has 1 aromatic carbocycles.